The Bertz CT molecular complexity index is 2030. The lowest BCUT2D eigenvalue weighted by molar-refractivity contribution is -0.137. The molecular formula is C40H45F3N8O4. The van der Waals surface area contributed by atoms with E-state index in [2.05, 4.69) is 41.4 Å². The van der Waals surface area contributed by atoms with Gasteiger partial charge in [-0.15, -0.1) is 0 Å². The molecule has 1 unspecified atom stereocenters. The fourth-order valence-corrected chi connectivity index (χ4v) is 6.67. The summed E-state index contributed by atoms with van der Waals surface area (Å²) < 4.78 is 48.6. The third-order valence-corrected chi connectivity index (χ3v) is 9.45. The summed E-state index contributed by atoms with van der Waals surface area (Å²) in [4.78, 5) is 44.8. The van der Waals surface area contributed by atoms with E-state index in [0.717, 1.165) is 61.4 Å². The number of halogens is 3. The monoisotopic (exact) mass is 758 g/mol. The number of imide groups is 1. The summed E-state index contributed by atoms with van der Waals surface area (Å²) in [6.07, 6.45) is -3.33. The lowest BCUT2D eigenvalue weighted by Crippen LogP contribution is -2.47. The molecular weight excluding hydrogens is 713 g/mol. The highest BCUT2D eigenvalue weighted by Crippen LogP contribution is 2.40. The number of alkyl halides is 3. The van der Waals surface area contributed by atoms with Gasteiger partial charge in [0.05, 0.1) is 34.3 Å². The summed E-state index contributed by atoms with van der Waals surface area (Å²) in [7, 11) is 1.45. The van der Waals surface area contributed by atoms with E-state index in [1.54, 1.807) is 12.1 Å². The predicted octanol–water partition coefficient (Wildman–Crippen LogP) is 6.58. The smallest absolute Gasteiger partial charge is 0.419 e. The SMILES string of the molecule is CNC(=O)c1ccccc1Nc1cc(Nc2cc(C)c(N3CCN(Cc4ccc(NC5CCC(=O)NC5=O)cc4)CC3)cc2OC(C)C)ncc1C(F)(F)F. The normalized spacial score (nSPS) is 16.4. The molecule has 0 aliphatic carbocycles. The highest BCUT2D eigenvalue weighted by atomic mass is 19.4. The van der Waals surface area contributed by atoms with Crippen molar-refractivity contribution < 1.29 is 32.3 Å². The minimum Gasteiger partial charge on any atom is -0.489 e. The van der Waals surface area contributed by atoms with Gasteiger partial charge in [0.25, 0.3) is 5.91 Å². The number of nitrogens with one attached hydrogen (secondary N) is 5. The molecule has 6 rings (SSSR count). The first kappa shape index (κ1) is 38.9. The van der Waals surface area contributed by atoms with E-state index in [1.165, 1.54) is 25.2 Å². The molecule has 2 saturated heterocycles. The van der Waals surface area contributed by atoms with Crippen molar-refractivity contribution in [2.75, 3.05) is 54.1 Å². The third-order valence-electron chi connectivity index (χ3n) is 9.45. The Morgan fingerprint density at radius 1 is 0.964 bits per heavy atom. The molecule has 12 nitrogen and oxygen atoms in total. The number of amides is 3. The van der Waals surface area contributed by atoms with E-state index in [9.17, 15) is 27.6 Å². The van der Waals surface area contributed by atoms with Crippen molar-refractivity contribution in [2.45, 2.75) is 58.5 Å². The third kappa shape index (κ3) is 9.65. The highest BCUT2D eigenvalue weighted by Gasteiger charge is 2.35. The number of ether oxygens (including phenoxy) is 1. The van der Waals surface area contributed by atoms with Crippen LogP contribution in [0.25, 0.3) is 0 Å². The number of piperidine rings is 1. The quantitative estimate of drug-likeness (QED) is 0.101. The van der Waals surface area contributed by atoms with Crippen LogP contribution in [0.15, 0.2) is 72.9 Å². The molecule has 3 aromatic carbocycles. The summed E-state index contributed by atoms with van der Waals surface area (Å²) in [5.41, 5.74) is 3.64. The Kier molecular flexibility index (Phi) is 11.8. The number of pyridine rings is 1. The van der Waals surface area contributed by atoms with Crippen LogP contribution in [0, 0.1) is 6.92 Å². The van der Waals surface area contributed by atoms with Crippen LogP contribution in [0.2, 0.25) is 0 Å². The van der Waals surface area contributed by atoms with E-state index in [1.807, 2.05) is 57.2 Å². The Balaban J connectivity index is 1.14. The van der Waals surface area contributed by atoms with Gasteiger partial charge in [0.1, 0.15) is 17.6 Å². The van der Waals surface area contributed by atoms with Crippen molar-refractivity contribution in [1.82, 2.24) is 20.5 Å². The molecule has 3 heterocycles. The molecule has 15 heteroatoms. The summed E-state index contributed by atoms with van der Waals surface area (Å²) in [5, 5.41) is 14.1. The van der Waals surface area contributed by atoms with E-state index >= 15 is 0 Å². The number of hydrogen-bond donors (Lipinski definition) is 5. The predicted molar refractivity (Wildman–Crippen MR) is 206 cm³/mol. The van der Waals surface area contributed by atoms with Crippen LogP contribution in [-0.4, -0.2) is 73.0 Å². The summed E-state index contributed by atoms with van der Waals surface area (Å²) >= 11 is 0. The second-order valence-electron chi connectivity index (χ2n) is 13.9. The summed E-state index contributed by atoms with van der Waals surface area (Å²) in [6, 6.07) is 19.0. The lowest BCUT2D eigenvalue weighted by Gasteiger charge is -2.37. The maximum absolute atomic E-state index is 14.1. The lowest BCUT2D eigenvalue weighted by atomic mass is 10.1. The zero-order chi connectivity index (χ0) is 39.3. The largest absolute Gasteiger partial charge is 0.489 e. The van der Waals surface area contributed by atoms with Gasteiger partial charge in [-0.3, -0.25) is 24.6 Å². The van der Waals surface area contributed by atoms with Gasteiger partial charge in [0.2, 0.25) is 11.8 Å². The minimum absolute atomic E-state index is 0.155. The van der Waals surface area contributed by atoms with Crippen molar-refractivity contribution in [1.29, 1.82) is 0 Å². The van der Waals surface area contributed by atoms with Crippen LogP contribution in [0.5, 0.6) is 5.75 Å². The molecule has 2 aliphatic heterocycles. The van der Waals surface area contributed by atoms with E-state index in [-0.39, 0.29) is 40.7 Å². The average molecular weight is 759 g/mol. The molecule has 290 valence electrons. The Hall–Kier alpha value is -5.83. The van der Waals surface area contributed by atoms with Crippen LogP contribution in [0.4, 0.5) is 47.4 Å². The number of rotatable bonds is 12. The van der Waals surface area contributed by atoms with Gasteiger partial charge in [0, 0.05) is 75.9 Å². The molecule has 2 aliphatic rings. The number of piperazine rings is 1. The van der Waals surface area contributed by atoms with Crippen LogP contribution < -0.4 is 36.2 Å². The Morgan fingerprint density at radius 3 is 2.36 bits per heavy atom. The number of benzene rings is 3. The number of aryl methyl sites for hydroxylation is 1. The number of carbonyl (C=O) groups is 3. The molecule has 1 atom stereocenters. The number of nitrogens with zero attached hydrogens (tertiary/aromatic N) is 3. The second kappa shape index (κ2) is 16.7. The number of carbonyl (C=O) groups excluding carboxylic acids is 3. The second-order valence-corrected chi connectivity index (χ2v) is 13.9. The van der Waals surface area contributed by atoms with Gasteiger partial charge in [-0.25, -0.2) is 4.98 Å². The topological polar surface area (TPSA) is 140 Å². The zero-order valence-electron chi connectivity index (χ0n) is 31.1. The van der Waals surface area contributed by atoms with Crippen molar-refractivity contribution in [3.05, 3.63) is 95.2 Å². The van der Waals surface area contributed by atoms with Crippen molar-refractivity contribution in [3.8, 4) is 5.75 Å². The molecule has 0 saturated carbocycles. The first-order chi connectivity index (χ1) is 26.3. The van der Waals surface area contributed by atoms with E-state index in [4.69, 9.17) is 4.74 Å². The zero-order valence-corrected chi connectivity index (χ0v) is 31.1. The van der Waals surface area contributed by atoms with Crippen LogP contribution in [0.3, 0.4) is 0 Å². The summed E-state index contributed by atoms with van der Waals surface area (Å²) in [5.74, 6) is -0.297. The first-order valence-electron chi connectivity index (χ1n) is 18.2. The summed E-state index contributed by atoms with van der Waals surface area (Å²) in [6.45, 7) is 9.76. The van der Waals surface area contributed by atoms with E-state index in [0.29, 0.717) is 24.3 Å². The maximum Gasteiger partial charge on any atom is 0.419 e. The van der Waals surface area contributed by atoms with Gasteiger partial charge in [-0.2, -0.15) is 13.2 Å². The Labute approximate surface area is 317 Å². The van der Waals surface area contributed by atoms with Gasteiger partial charge in [-0.1, -0.05) is 24.3 Å². The van der Waals surface area contributed by atoms with Gasteiger partial charge >= 0.3 is 6.18 Å². The average Bonchev–Trinajstić information content (AvgIpc) is 3.14. The maximum atomic E-state index is 14.1. The standard InChI is InChI=1S/C40H45F3N8O4/c1-24(2)55-35-21-34(51-17-15-50(16-18-51)23-26-9-11-27(12-10-26)46-31-13-14-37(52)49-39(31)54)25(3)19-33(35)48-36-20-32(29(22-45-36)40(41,42)43)47-30-8-6-5-7-28(30)38(53)44-4/h5-12,19-22,24,31,46H,13-18,23H2,1-4H3,(H,44,53)(H2,45,47,48)(H,49,52,54). The molecule has 2 fully saturated rings. The first-order valence-corrected chi connectivity index (χ1v) is 18.2. The Morgan fingerprint density at radius 2 is 1.69 bits per heavy atom. The number of para-hydroxylation sites is 1. The van der Waals surface area contributed by atoms with Crippen LogP contribution >= 0.6 is 0 Å². The molecule has 0 bridgehead atoms. The van der Waals surface area contributed by atoms with Crippen LogP contribution in [0.1, 0.15) is 53.7 Å². The van der Waals surface area contributed by atoms with Crippen molar-refractivity contribution in [2.24, 2.45) is 0 Å². The molecule has 5 N–H and O–H groups in total. The molecule has 4 aromatic rings. The minimum atomic E-state index is -4.70. The molecule has 1 aromatic heterocycles. The number of aromatic nitrogens is 1. The van der Waals surface area contributed by atoms with Crippen molar-refractivity contribution >= 4 is 52.0 Å². The fourth-order valence-electron chi connectivity index (χ4n) is 6.67. The van der Waals surface area contributed by atoms with Gasteiger partial charge < -0.3 is 30.9 Å². The molecule has 0 spiro atoms. The molecule has 55 heavy (non-hydrogen) atoms. The van der Waals surface area contributed by atoms with Crippen molar-refractivity contribution in [3.63, 3.8) is 0 Å². The van der Waals surface area contributed by atoms with Gasteiger partial charge in [-0.05, 0) is 68.7 Å². The van der Waals surface area contributed by atoms with E-state index < -0.39 is 23.7 Å². The fraction of sp³-hybridized carbons (Fsp3) is 0.350. The van der Waals surface area contributed by atoms with Gasteiger partial charge in [0.15, 0.2) is 0 Å². The molecule has 0 radical (unpaired) electrons. The number of hydrogen-bond acceptors (Lipinski definition) is 10. The molecule has 3 amide bonds. The van der Waals surface area contributed by atoms with Crippen LogP contribution in [-0.2, 0) is 22.3 Å². The number of anilines is 6. The highest BCUT2D eigenvalue weighted by molar-refractivity contribution is 6.01.